The molecule has 2 amide bonds. The molecule has 7 nitrogen and oxygen atoms in total. The summed E-state index contributed by atoms with van der Waals surface area (Å²) in [7, 11) is 0. The zero-order valence-corrected chi connectivity index (χ0v) is 17.5. The first-order valence-electron chi connectivity index (χ1n) is 9.17. The largest absolute Gasteiger partial charge is 0.494 e. The molecule has 0 unspecified atom stereocenters. The Hall–Kier alpha value is -3.52. The van der Waals surface area contributed by atoms with E-state index in [2.05, 4.69) is 26.6 Å². The predicted molar refractivity (Wildman–Crippen MR) is 116 cm³/mol. The van der Waals surface area contributed by atoms with Crippen molar-refractivity contribution < 1.29 is 23.2 Å². The molecular formula is C22H17BrN2O5. The monoisotopic (exact) mass is 468 g/mol. The number of carbonyl (C=O) groups is 2. The second-order valence-electron chi connectivity index (χ2n) is 6.27. The third-order valence-corrected chi connectivity index (χ3v) is 4.69. The molecule has 4 aromatic rings. The van der Waals surface area contributed by atoms with Crippen LogP contribution < -0.4 is 15.4 Å². The molecule has 152 valence electrons. The highest BCUT2D eigenvalue weighted by Crippen LogP contribution is 2.32. The van der Waals surface area contributed by atoms with Crippen molar-refractivity contribution in [1.29, 1.82) is 0 Å². The number of furan rings is 2. The number of halogens is 1. The van der Waals surface area contributed by atoms with Crippen molar-refractivity contribution in [1.82, 2.24) is 0 Å². The van der Waals surface area contributed by atoms with Crippen LogP contribution in [0.5, 0.6) is 5.75 Å². The molecule has 0 atom stereocenters. The minimum absolute atomic E-state index is 0.0101. The van der Waals surface area contributed by atoms with Crippen LogP contribution in [0, 0.1) is 0 Å². The van der Waals surface area contributed by atoms with Crippen LogP contribution in [0.25, 0.3) is 11.0 Å². The fourth-order valence-corrected chi connectivity index (χ4v) is 3.24. The van der Waals surface area contributed by atoms with Gasteiger partial charge in [0, 0.05) is 11.1 Å². The molecule has 0 aliphatic carbocycles. The van der Waals surface area contributed by atoms with Gasteiger partial charge >= 0.3 is 0 Å². The van der Waals surface area contributed by atoms with Gasteiger partial charge in [-0.3, -0.25) is 9.59 Å². The number of rotatable bonds is 6. The zero-order valence-electron chi connectivity index (χ0n) is 15.9. The number of benzene rings is 2. The van der Waals surface area contributed by atoms with Gasteiger partial charge in [-0.1, -0.05) is 12.1 Å². The SMILES string of the molecule is CCOc1ccc(NC(=O)c2oc3ccccc3c2NC(=O)c2ccc(Br)o2)cc1. The van der Waals surface area contributed by atoms with Crippen molar-refractivity contribution in [2.45, 2.75) is 6.92 Å². The quantitative estimate of drug-likeness (QED) is 0.378. The lowest BCUT2D eigenvalue weighted by Crippen LogP contribution is -2.16. The number of hydrogen-bond acceptors (Lipinski definition) is 5. The summed E-state index contributed by atoms with van der Waals surface area (Å²) in [6, 6.07) is 17.2. The fraction of sp³-hybridized carbons (Fsp3) is 0.0909. The number of fused-ring (bicyclic) bond motifs is 1. The van der Waals surface area contributed by atoms with Crippen LogP contribution in [0.15, 0.2) is 74.2 Å². The summed E-state index contributed by atoms with van der Waals surface area (Å²) in [5.74, 6) is -0.195. The van der Waals surface area contributed by atoms with Gasteiger partial charge in [-0.05, 0) is 71.4 Å². The van der Waals surface area contributed by atoms with E-state index >= 15 is 0 Å². The lowest BCUT2D eigenvalue weighted by molar-refractivity contribution is 0.0994. The molecule has 0 fully saturated rings. The Bertz CT molecular complexity index is 1210. The maximum Gasteiger partial charge on any atom is 0.293 e. The summed E-state index contributed by atoms with van der Waals surface area (Å²) >= 11 is 3.17. The van der Waals surface area contributed by atoms with Crippen molar-refractivity contribution in [2.24, 2.45) is 0 Å². The highest BCUT2D eigenvalue weighted by Gasteiger charge is 2.23. The Balaban J connectivity index is 1.63. The topological polar surface area (TPSA) is 93.7 Å². The summed E-state index contributed by atoms with van der Waals surface area (Å²) in [4.78, 5) is 25.5. The van der Waals surface area contributed by atoms with Crippen LogP contribution in [0.1, 0.15) is 28.0 Å². The summed E-state index contributed by atoms with van der Waals surface area (Å²) in [5, 5.41) is 6.11. The summed E-state index contributed by atoms with van der Waals surface area (Å²) in [6.07, 6.45) is 0. The van der Waals surface area contributed by atoms with E-state index in [1.165, 1.54) is 6.07 Å². The Morgan fingerprint density at radius 3 is 2.40 bits per heavy atom. The summed E-state index contributed by atoms with van der Waals surface area (Å²) < 4.78 is 16.9. The van der Waals surface area contributed by atoms with Gasteiger partial charge in [-0.15, -0.1) is 0 Å². The summed E-state index contributed by atoms with van der Waals surface area (Å²) in [6.45, 7) is 2.45. The third kappa shape index (κ3) is 4.08. The van der Waals surface area contributed by atoms with E-state index in [0.717, 1.165) is 0 Å². The Labute approximate surface area is 180 Å². The first-order valence-corrected chi connectivity index (χ1v) is 9.97. The Kier molecular flexibility index (Phi) is 5.58. The van der Waals surface area contributed by atoms with Crippen LogP contribution in [0.3, 0.4) is 0 Å². The molecule has 0 saturated carbocycles. The number of nitrogens with one attached hydrogen (secondary N) is 2. The van der Waals surface area contributed by atoms with E-state index in [1.54, 1.807) is 54.6 Å². The molecule has 2 N–H and O–H groups in total. The summed E-state index contributed by atoms with van der Waals surface area (Å²) in [5.41, 5.74) is 1.31. The minimum atomic E-state index is -0.498. The number of hydrogen-bond donors (Lipinski definition) is 2. The van der Waals surface area contributed by atoms with Crippen LogP contribution >= 0.6 is 15.9 Å². The molecule has 0 aliphatic heterocycles. The predicted octanol–water partition coefficient (Wildman–Crippen LogP) is 5.69. The highest BCUT2D eigenvalue weighted by atomic mass is 79.9. The molecule has 2 aromatic heterocycles. The van der Waals surface area contributed by atoms with Gasteiger partial charge in [0.05, 0.1) is 6.61 Å². The van der Waals surface area contributed by atoms with Crippen LogP contribution in [-0.4, -0.2) is 18.4 Å². The Morgan fingerprint density at radius 1 is 0.933 bits per heavy atom. The molecule has 0 aliphatic rings. The van der Waals surface area contributed by atoms with E-state index in [-0.39, 0.29) is 17.2 Å². The van der Waals surface area contributed by atoms with Gasteiger partial charge in [0.2, 0.25) is 5.76 Å². The fourth-order valence-electron chi connectivity index (χ4n) is 2.93. The molecular weight excluding hydrogens is 452 g/mol. The smallest absolute Gasteiger partial charge is 0.293 e. The first-order chi connectivity index (χ1) is 14.5. The van der Waals surface area contributed by atoms with Gasteiger partial charge in [0.15, 0.2) is 10.4 Å². The normalized spacial score (nSPS) is 10.7. The highest BCUT2D eigenvalue weighted by molar-refractivity contribution is 9.10. The second kappa shape index (κ2) is 8.46. The zero-order chi connectivity index (χ0) is 21.1. The standard InChI is InChI=1S/C22H17BrN2O5/c1-2-28-14-9-7-13(8-10-14)24-22(27)20-19(15-5-3-4-6-16(15)30-20)25-21(26)17-11-12-18(23)29-17/h3-12H,2H2,1H3,(H,24,27)(H,25,26). The first kappa shape index (κ1) is 19.8. The van der Waals surface area contributed by atoms with Gasteiger partial charge in [0.25, 0.3) is 11.8 Å². The van der Waals surface area contributed by atoms with E-state index < -0.39 is 11.8 Å². The van der Waals surface area contributed by atoms with E-state index in [0.29, 0.717) is 33.7 Å². The van der Waals surface area contributed by atoms with Gasteiger partial charge in [-0.25, -0.2) is 0 Å². The van der Waals surface area contributed by atoms with Crippen LogP contribution in [0.2, 0.25) is 0 Å². The van der Waals surface area contributed by atoms with Gasteiger partial charge in [0.1, 0.15) is 17.0 Å². The molecule has 8 heteroatoms. The second-order valence-corrected chi connectivity index (χ2v) is 7.05. The van der Waals surface area contributed by atoms with Crippen molar-refractivity contribution in [3.05, 3.63) is 76.9 Å². The van der Waals surface area contributed by atoms with E-state index in [4.69, 9.17) is 13.6 Å². The minimum Gasteiger partial charge on any atom is -0.494 e. The van der Waals surface area contributed by atoms with Crippen molar-refractivity contribution in [2.75, 3.05) is 17.2 Å². The molecule has 0 bridgehead atoms. The van der Waals surface area contributed by atoms with Crippen LogP contribution in [-0.2, 0) is 0 Å². The molecule has 4 rings (SSSR count). The van der Waals surface area contributed by atoms with Crippen LogP contribution in [0.4, 0.5) is 11.4 Å². The number of para-hydroxylation sites is 1. The average Bonchev–Trinajstić information content (AvgIpc) is 3.34. The average molecular weight is 469 g/mol. The number of carbonyl (C=O) groups excluding carboxylic acids is 2. The number of ether oxygens (including phenoxy) is 1. The number of amides is 2. The molecule has 0 saturated heterocycles. The molecule has 0 spiro atoms. The van der Waals surface area contributed by atoms with Crippen molar-refractivity contribution >= 4 is 50.1 Å². The maximum atomic E-state index is 12.9. The van der Waals surface area contributed by atoms with Gasteiger partial charge < -0.3 is 24.2 Å². The van der Waals surface area contributed by atoms with E-state index in [1.807, 2.05) is 6.92 Å². The van der Waals surface area contributed by atoms with Crippen molar-refractivity contribution in [3.8, 4) is 5.75 Å². The number of anilines is 2. The Morgan fingerprint density at radius 2 is 1.70 bits per heavy atom. The maximum absolute atomic E-state index is 12.9. The van der Waals surface area contributed by atoms with Gasteiger partial charge in [-0.2, -0.15) is 0 Å². The molecule has 30 heavy (non-hydrogen) atoms. The lowest BCUT2D eigenvalue weighted by atomic mass is 10.2. The third-order valence-electron chi connectivity index (χ3n) is 4.26. The lowest BCUT2D eigenvalue weighted by Gasteiger charge is -2.08. The molecule has 2 aromatic carbocycles. The van der Waals surface area contributed by atoms with Crippen molar-refractivity contribution in [3.63, 3.8) is 0 Å². The molecule has 0 radical (unpaired) electrons. The molecule has 2 heterocycles. The van der Waals surface area contributed by atoms with E-state index in [9.17, 15) is 9.59 Å².